The van der Waals surface area contributed by atoms with Gasteiger partial charge < -0.3 is 4.90 Å². The third-order valence-electron chi connectivity index (χ3n) is 4.53. The summed E-state index contributed by atoms with van der Waals surface area (Å²) in [4.78, 5) is 25.0. The second kappa shape index (κ2) is 7.51. The third kappa shape index (κ3) is 4.36. The summed E-state index contributed by atoms with van der Waals surface area (Å²) in [5, 5.41) is 15.2. The highest BCUT2D eigenvalue weighted by molar-refractivity contribution is 7.91. The van der Waals surface area contributed by atoms with Crippen molar-refractivity contribution < 1.29 is 18.1 Å². The van der Waals surface area contributed by atoms with E-state index in [0.29, 0.717) is 18.7 Å². The van der Waals surface area contributed by atoms with Crippen LogP contribution in [0.4, 0.5) is 5.69 Å². The molecule has 1 saturated heterocycles. The highest BCUT2D eigenvalue weighted by Gasteiger charge is 2.35. The Labute approximate surface area is 147 Å². The zero-order valence-corrected chi connectivity index (χ0v) is 15.6. The van der Waals surface area contributed by atoms with E-state index in [1.807, 2.05) is 6.92 Å². The lowest BCUT2D eigenvalue weighted by atomic mass is 10.2. The molecule has 0 radical (unpaired) electrons. The third-order valence-corrected chi connectivity index (χ3v) is 6.28. The van der Waals surface area contributed by atoms with Crippen LogP contribution in [-0.2, 0) is 21.2 Å². The van der Waals surface area contributed by atoms with Crippen molar-refractivity contribution in [3.8, 4) is 0 Å². The van der Waals surface area contributed by atoms with E-state index in [2.05, 4.69) is 5.10 Å². The average molecular weight is 372 g/mol. The zero-order valence-electron chi connectivity index (χ0n) is 14.8. The van der Waals surface area contributed by atoms with Gasteiger partial charge in [-0.05, 0) is 26.7 Å². The summed E-state index contributed by atoms with van der Waals surface area (Å²) < 4.78 is 24.8. The van der Waals surface area contributed by atoms with Crippen LogP contribution in [0.1, 0.15) is 37.6 Å². The van der Waals surface area contributed by atoms with Crippen LogP contribution in [0, 0.1) is 24.0 Å². The smallest absolute Gasteiger partial charge is 0.312 e. The second-order valence-corrected chi connectivity index (χ2v) is 8.66. The molecule has 9 nitrogen and oxygen atoms in total. The first-order valence-electron chi connectivity index (χ1n) is 8.34. The maximum Gasteiger partial charge on any atom is 0.312 e. The van der Waals surface area contributed by atoms with E-state index in [4.69, 9.17) is 0 Å². The number of nitrogens with zero attached hydrogens (tertiary/aromatic N) is 4. The Hall–Kier alpha value is -1.97. The van der Waals surface area contributed by atoms with Gasteiger partial charge in [0.05, 0.1) is 16.4 Å². The van der Waals surface area contributed by atoms with Crippen LogP contribution in [0.3, 0.4) is 0 Å². The molecule has 1 amide bonds. The van der Waals surface area contributed by atoms with E-state index in [1.165, 1.54) is 11.6 Å². The summed E-state index contributed by atoms with van der Waals surface area (Å²) in [6.07, 6.45) is 2.10. The lowest BCUT2D eigenvalue weighted by Crippen LogP contribution is -2.43. The Balaban J connectivity index is 2.20. The summed E-state index contributed by atoms with van der Waals surface area (Å²) >= 11 is 0. The van der Waals surface area contributed by atoms with Gasteiger partial charge in [0.2, 0.25) is 5.91 Å². The van der Waals surface area contributed by atoms with Gasteiger partial charge >= 0.3 is 5.69 Å². The maximum atomic E-state index is 12.8. The van der Waals surface area contributed by atoms with Crippen molar-refractivity contribution in [3.63, 3.8) is 0 Å². The first-order valence-corrected chi connectivity index (χ1v) is 10.2. The number of rotatable bonds is 7. The predicted octanol–water partition coefficient (Wildman–Crippen LogP) is 1.22. The summed E-state index contributed by atoms with van der Waals surface area (Å²) in [7, 11) is -3.10. The van der Waals surface area contributed by atoms with E-state index in [9.17, 15) is 23.3 Å². The van der Waals surface area contributed by atoms with Crippen molar-refractivity contribution in [3.05, 3.63) is 21.5 Å². The Kier molecular flexibility index (Phi) is 5.81. The Morgan fingerprint density at radius 3 is 2.60 bits per heavy atom. The van der Waals surface area contributed by atoms with E-state index >= 15 is 0 Å². The number of aromatic nitrogens is 2. The number of carbonyl (C=O) groups excluding carboxylic acids is 1. The van der Waals surface area contributed by atoms with Gasteiger partial charge in [0.25, 0.3) is 0 Å². The molecule has 25 heavy (non-hydrogen) atoms. The highest BCUT2D eigenvalue weighted by Crippen LogP contribution is 2.23. The van der Waals surface area contributed by atoms with Crippen molar-refractivity contribution in [2.45, 2.75) is 52.6 Å². The van der Waals surface area contributed by atoms with Gasteiger partial charge in [-0.3, -0.25) is 19.6 Å². The molecule has 0 spiro atoms. The van der Waals surface area contributed by atoms with Crippen LogP contribution in [0.2, 0.25) is 0 Å². The lowest BCUT2D eigenvalue weighted by molar-refractivity contribution is -0.386. The summed E-state index contributed by atoms with van der Waals surface area (Å²) in [6.45, 7) is 5.45. The van der Waals surface area contributed by atoms with Crippen molar-refractivity contribution >= 4 is 21.4 Å². The first kappa shape index (κ1) is 19.4. The molecule has 140 valence electrons. The number of sulfone groups is 1. The van der Waals surface area contributed by atoms with Gasteiger partial charge in [-0.1, -0.05) is 13.3 Å². The fourth-order valence-electron chi connectivity index (χ4n) is 3.19. The minimum Gasteiger partial charge on any atom is -0.337 e. The topological polar surface area (TPSA) is 115 Å². The van der Waals surface area contributed by atoms with Gasteiger partial charge in [-0.25, -0.2) is 8.42 Å². The van der Waals surface area contributed by atoms with E-state index in [0.717, 1.165) is 12.8 Å². The molecule has 1 aromatic rings. The van der Waals surface area contributed by atoms with Crippen molar-refractivity contribution in [2.75, 3.05) is 18.1 Å². The molecule has 0 bridgehead atoms. The predicted molar refractivity (Wildman–Crippen MR) is 92.0 cm³/mol. The van der Waals surface area contributed by atoms with Gasteiger partial charge in [0.15, 0.2) is 9.84 Å². The van der Waals surface area contributed by atoms with E-state index in [-0.39, 0.29) is 41.4 Å². The Morgan fingerprint density at radius 2 is 2.12 bits per heavy atom. The minimum absolute atomic E-state index is 0.0142. The molecule has 0 aromatic carbocycles. The number of nitro groups is 1. The van der Waals surface area contributed by atoms with Crippen LogP contribution in [-0.4, -0.2) is 58.0 Å². The van der Waals surface area contributed by atoms with E-state index in [1.54, 1.807) is 11.8 Å². The molecule has 2 heterocycles. The van der Waals surface area contributed by atoms with Crippen LogP contribution < -0.4 is 0 Å². The van der Waals surface area contributed by atoms with Gasteiger partial charge in [-0.15, -0.1) is 0 Å². The molecule has 1 aliphatic heterocycles. The fourth-order valence-corrected chi connectivity index (χ4v) is 4.92. The molecule has 0 aliphatic carbocycles. The quantitative estimate of drug-likeness (QED) is 0.525. The van der Waals surface area contributed by atoms with Crippen molar-refractivity contribution in [2.24, 2.45) is 0 Å². The molecule has 0 N–H and O–H groups in total. The fraction of sp³-hybridized carbons (Fsp3) is 0.733. The number of hydrogen-bond donors (Lipinski definition) is 0. The van der Waals surface area contributed by atoms with Crippen LogP contribution in [0.15, 0.2) is 0 Å². The van der Waals surface area contributed by atoms with Crippen LogP contribution >= 0.6 is 0 Å². The largest absolute Gasteiger partial charge is 0.337 e. The maximum absolute atomic E-state index is 12.8. The molecule has 2 rings (SSSR count). The molecular formula is C15H24N4O5S. The first-order chi connectivity index (χ1) is 11.7. The summed E-state index contributed by atoms with van der Waals surface area (Å²) in [5.74, 6) is -0.172. The number of hydrogen-bond acceptors (Lipinski definition) is 6. The monoisotopic (exact) mass is 372 g/mol. The molecule has 1 fully saturated rings. The SMILES string of the molecule is CCCCN(C(=O)Cn1nc(C)c([N+](=O)[O-])c1C)[C@@H]1CCS(=O)(=O)C1. The van der Waals surface area contributed by atoms with Crippen molar-refractivity contribution in [1.82, 2.24) is 14.7 Å². The zero-order chi connectivity index (χ0) is 18.8. The second-order valence-electron chi connectivity index (χ2n) is 6.43. The lowest BCUT2D eigenvalue weighted by Gasteiger charge is -2.28. The summed E-state index contributed by atoms with van der Waals surface area (Å²) in [5.41, 5.74) is 0.500. The summed E-state index contributed by atoms with van der Waals surface area (Å²) in [6, 6.07) is -0.323. The minimum atomic E-state index is -3.10. The average Bonchev–Trinajstić information content (AvgIpc) is 2.99. The van der Waals surface area contributed by atoms with E-state index < -0.39 is 14.8 Å². The highest BCUT2D eigenvalue weighted by atomic mass is 32.2. The Bertz CT molecular complexity index is 771. The molecule has 1 aliphatic rings. The number of aryl methyl sites for hydroxylation is 1. The van der Waals surface area contributed by atoms with Gasteiger partial charge in [0.1, 0.15) is 17.9 Å². The van der Waals surface area contributed by atoms with Crippen LogP contribution in [0.25, 0.3) is 0 Å². The van der Waals surface area contributed by atoms with Gasteiger partial charge in [-0.2, -0.15) is 5.10 Å². The number of amides is 1. The Morgan fingerprint density at radius 1 is 1.44 bits per heavy atom. The standard InChI is InChI=1S/C15H24N4O5S/c1-4-5-7-17(13-6-8-25(23,24)10-13)14(20)9-18-12(3)15(19(21)22)11(2)16-18/h13H,4-10H2,1-3H3/t13-/m1/s1. The molecule has 1 atom stereocenters. The molecule has 0 saturated carbocycles. The molecule has 1 aromatic heterocycles. The molecule has 10 heteroatoms. The van der Waals surface area contributed by atoms with Gasteiger partial charge in [0, 0.05) is 12.6 Å². The molecule has 0 unspecified atom stereocenters. The van der Waals surface area contributed by atoms with Crippen molar-refractivity contribution in [1.29, 1.82) is 0 Å². The molecular weight excluding hydrogens is 348 g/mol. The number of carbonyl (C=O) groups is 1. The van der Waals surface area contributed by atoms with Crippen LogP contribution in [0.5, 0.6) is 0 Å². The normalized spacial score (nSPS) is 19.1. The number of unbranched alkanes of at least 4 members (excludes halogenated alkanes) is 1.